The number of hydrogen-bond acceptors (Lipinski definition) is 11. The molecule has 10 N–H and O–H groups in total. The first-order valence-corrected chi connectivity index (χ1v) is 19.2. The molecule has 0 radical (unpaired) electrons. The number of phenolic OH excluding ortho intramolecular Hbond substituents is 2. The van der Waals surface area contributed by atoms with Gasteiger partial charge in [-0.1, -0.05) is 38.1 Å². The van der Waals surface area contributed by atoms with Crippen molar-refractivity contribution in [2.75, 3.05) is 30.9 Å². The van der Waals surface area contributed by atoms with Gasteiger partial charge in [-0.2, -0.15) is 0 Å². The van der Waals surface area contributed by atoms with E-state index in [1.165, 1.54) is 55.3 Å². The predicted octanol–water partition coefficient (Wildman–Crippen LogP) is 4.68. The molecule has 2 aromatic carbocycles. The summed E-state index contributed by atoms with van der Waals surface area (Å²) in [4.78, 5) is 77.5. The second-order valence-electron chi connectivity index (χ2n) is 14.8. The predicted molar refractivity (Wildman–Crippen MR) is 225 cm³/mol. The van der Waals surface area contributed by atoms with E-state index >= 15 is 0 Å². The number of anilines is 2. The molecule has 4 atom stereocenters. The number of aromatic hydroxyl groups is 2. The average molecular weight is 846 g/mol. The summed E-state index contributed by atoms with van der Waals surface area (Å²) in [5.74, 6) is -4.12. The molecule has 2 aromatic heterocycles. The molecule has 4 aromatic rings. The highest BCUT2D eigenvalue weighted by Gasteiger charge is 2.34. The van der Waals surface area contributed by atoms with E-state index in [4.69, 9.17) is 17.9 Å². The maximum atomic E-state index is 12.9. The molecule has 2 saturated heterocycles. The zero-order valence-corrected chi connectivity index (χ0v) is 34.4. The Morgan fingerprint density at radius 1 is 0.754 bits per heavy atom. The molecular weight excluding hydrogens is 792 g/mol. The second-order valence-corrected chi connectivity index (χ2v) is 14.8. The van der Waals surface area contributed by atoms with Gasteiger partial charge in [0.15, 0.2) is 0 Å². The number of nitrogens with zero attached hydrogens (tertiary/aromatic N) is 3. The van der Waals surface area contributed by atoms with Crippen LogP contribution in [0.5, 0.6) is 11.5 Å². The van der Waals surface area contributed by atoms with Crippen LogP contribution in [0, 0.1) is 25.7 Å². The molecule has 0 spiro atoms. The Labute approximate surface area is 354 Å². The van der Waals surface area contributed by atoms with E-state index in [0.717, 1.165) is 35.6 Å². The number of carboxylic acid groups (broad SMARTS) is 1. The molecular formula is C43H53FN8O9. The third kappa shape index (κ3) is 14.4. The van der Waals surface area contributed by atoms with E-state index in [0.29, 0.717) is 24.8 Å². The van der Waals surface area contributed by atoms with Crippen molar-refractivity contribution < 1.29 is 49.8 Å². The van der Waals surface area contributed by atoms with Gasteiger partial charge in [0, 0.05) is 25.0 Å². The van der Waals surface area contributed by atoms with Gasteiger partial charge in [-0.3, -0.25) is 38.3 Å². The number of amides is 5. The van der Waals surface area contributed by atoms with E-state index < -0.39 is 42.7 Å². The number of carboxylic acids is 1. The van der Waals surface area contributed by atoms with Crippen LogP contribution in [0.3, 0.4) is 0 Å². The topological polar surface area (TPSA) is 280 Å². The number of phenols is 2. The van der Waals surface area contributed by atoms with Crippen LogP contribution in [0.15, 0.2) is 73.3 Å². The van der Waals surface area contributed by atoms with Crippen molar-refractivity contribution in [3.63, 3.8) is 0 Å². The van der Waals surface area contributed by atoms with Gasteiger partial charge in [0.25, 0.3) is 0 Å². The Morgan fingerprint density at radius 2 is 1.25 bits per heavy atom. The summed E-state index contributed by atoms with van der Waals surface area (Å²) in [6, 6.07) is 14.0. The number of aryl methyl sites for hydroxylation is 2. The lowest BCUT2D eigenvalue weighted by atomic mass is 9.89. The van der Waals surface area contributed by atoms with Crippen LogP contribution in [0.4, 0.5) is 15.8 Å². The molecule has 6 rings (SSSR count). The van der Waals surface area contributed by atoms with Crippen LogP contribution in [0.2, 0.25) is 0 Å². The number of primary amides is 2. The molecule has 2 aliphatic rings. The first kappa shape index (κ1) is 46.7. The van der Waals surface area contributed by atoms with Gasteiger partial charge in [-0.25, -0.2) is 4.79 Å². The number of hydrogen-bond donors (Lipinski definition) is 8. The highest BCUT2D eigenvalue weighted by molar-refractivity contribution is 6.39. The number of halogens is 1. The number of nitrogens with one attached hydrogen (secondary N) is 3. The third-order valence-electron chi connectivity index (χ3n) is 9.94. The van der Waals surface area contributed by atoms with Gasteiger partial charge >= 0.3 is 23.7 Å². The monoisotopic (exact) mass is 845 g/mol. The number of carbonyl (C=O) groups excluding carboxylic acids is 5. The molecule has 326 valence electrons. The SMILES string of the molecule is Cc1ccc([C@@H]2CC[C@@H](C)CN2)cc1O.Cc1ccc([C@@H]2CC[C@@H](C)CN2C(=O)C(=O)Nc2cncc(C(N)=O)c2)cc1O.NC(=O)c1cncc(NC(=O)C(=O)O)c1.[2H]CF. The summed E-state index contributed by atoms with van der Waals surface area (Å²) in [6.45, 7) is 9.55. The third-order valence-corrected chi connectivity index (χ3v) is 9.94. The molecule has 61 heavy (non-hydrogen) atoms. The minimum Gasteiger partial charge on any atom is -0.508 e. The molecule has 5 amide bonds. The highest BCUT2D eigenvalue weighted by Crippen LogP contribution is 2.35. The van der Waals surface area contributed by atoms with E-state index in [1.54, 1.807) is 24.0 Å². The maximum absolute atomic E-state index is 12.9. The maximum Gasteiger partial charge on any atom is 0.394 e. The van der Waals surface area contributed by atoms with Crippen LogP contribution in [-0.4, -0.2) is 85.9 Å². The standard InChI is InChI=1S/C21H24N4O4.C13H19NO.C8H7N3O4.CH3F/c1-12-3-6-17(14-5-4-13(2)18(26)8-14)25(11-12)21(29)20(28)24-16-7-15(19(22)27)9-23-10-16;1-9-3-6-12(14-8-9)11-5-4-10(2)13(15)7-11;9-6(12)4-1-5(3-10-2-4)11-7(13)8(14)15;1-2/h4-5,7-10,12,17,26H,3,6,11H2,1-2H3,(H2,22,27)(H,24,28);4-5,7,9,12,14-15H,3,6,8H2,1-2H3;1-3H,(H2,9,12)(H,11,13)(H,14,15);1H3/t12-,17+;9-,12+;;/m11../s1/i;;;1D. The van der Waals surface area contributed by atoms with Crippen molar-refractivity contribution in [3.8, 4) is 11.5 Å². The zero-order valence-electron chi connectivity index (χ0n) is 35.4. The van der Waals surface area contributed by atoms with Gasteiger partial charge in [0.05, 0.1) is 49.5 Å². The smallest absolute Gasteiger partial charge is 0.394 e. The van der Waals surface area contributed by atoms with Crippen LogP contribution in [0.25, 0.3) is 0 Å². The molecule has 4 heterocycles. The molecule has 18 heteroatoms. The fourth-order valence-electron chi connectivity index (χ4n) is 6.47. The molecule has 17 nitrogen and oxygen atoms in total. The van der Waals surface area contributed by atoms with Crippen LogP contribution in [-0.2, 0) is 19.2 Å². The summed E-state index contributed by atoms with van der Waals surface area (Å²) in [6.07, 6.45) is 9.08. The largest absolute Gasteiger partial charge is 0.508 e. The second kappa shape index (κ2) is 23.0. The lowest BCUT2D eigenvalue weighted by Gasteiger charge is -2.38. The van der Waals surface area contributed by atoms with Crippen molar-refractivity contribution in [1.82, 2.24) is 20.2 Å². The van der Waals surface area contributed by atoms with Crippen molar-refractivity contribution in [3.05, 3.63) is 107 Å². The minimum absolute atomic E-state index is 0.0817. The molecule has 2 aliphatic heterocycles. The number of carbonyl (C=O) groups is 6. The van der Waals surface area contributed by atoms with Crippen molar-refractivity contribution in [2.24, 2.45) is 23.3 Å². The highest BCUT2D eigenvalue weighted by atomic mass is 19.1. The van der Waals surface area contributed by atoms with E-state index in [-0.39, 0.29) is 40.2 Å². The van der Waals surface area contributed by atoms with Crippen molar-refractivity contribution >= 4 is 46.9 Å². The Hall–Kier alpha value is -6.95. The van der Waals surface area contributed by atoms with Gasteiger partial charge in [-0.15, -0.1) is 0 Å². The fraction of sp³-hybridized carbons (Fsp3) is 0.349. The summed E-state index contributed by atoms with van der Waals surface area (Å²) < 4.78 is 15.5. The lowest BCUT2D eigenvalue weighted by Crippen LogP contribution is -2.46. The number of likely N-dealkylation sites (tertiary alicyclic amines) is 1. The number of piperidine rings is 2. The van der Waals surface area contributed by atoms with Crippen LogP contribution >= 0.6 is 0 Å². The van der Waals surface area contributed by atoms with Gasteiger partial charge in [0.1, 0.15) is 11.5 Å². The Balaban J connectivity index is 0.000000261. The first-order chi connectivity index (χ1) is 29.3. The van der Waals surface area contributed by atoms with Gasteiger partial charge in [0.2, 0.25) is 11.8 Å². The summed E-state index contributed by atoms with van der Waals surface area (Å²) in [7, 11) is -1.00. The lowest BCUT2D eigenvalue weighted by molar-refractivity contribution is -0.147. The summed E-state index contributed by atoms with van der Waals surface area (Å²) in [5, 5.41) is 36.0. The molecule has 0 aliphatic carbocycles. The number of nitrogens with two attached hydrogens (primary N) is 2. The average Bonchev–Trinajstić information content (AvgIpc) is 3.23. The number of rotatable bonds is 6. The number of alkyl halides is 1. The van der Waals surface area contributed by atoms with E-state index in [1.807, 2.05) is 37.4 Å². The summed E-state index contributed by atoms with van der Waals surface area (Å²) >= 11 is 0. The number of benzene rings is 2. The van der Waals surface area contributed by atoms with Crippen LogP contribution < -0.4 is 27.4 Å². The molecule has 0 saturated carbocycles. The number of aliphatic carboxylic acids is 1. The minimum atomic E-state index is -1.63. The van der Waals surface area contributed by atoms with Crippen molar-refractivity contribution in [2.45, 2.75) is 65.5 Å². The number of pyridine rings is 2. The normalized spacial score (nSPS) is 18.1. The van der Waals surface area contributed by atoms with E-state index in [9.17, 15) is 43.4 Å². The van der Waals surface area contributed by atoms with Crippen LogP contribution in [0.1, 0.15) is 96.0 Å². The molecule has 2 fully saturated rings. The Morgan fingerprint density at radius 3 is 1.72 bits per heavy atom. The Kier molecular flexibility index (Phi) is 17.6. The number of aromatic nitrogens is 2. The van der Waals surface area contributed by atoms with Gasteiger partial charge in [-0.05, 0) is 104 Å². The zero-order chi connectivity index (χ0) is 46.1. The first-order valence-electron chi connectivity index (χ1n) is 19.9. The fourth-order valence-corrected chi connectivity index (χ4v) is 6.47. The molecule has 0 unspecified atom stereocenters. The quantitative estimate of drug-likeness (QED) is 0.123. The Bertz CT molecular complexity index is 2220. The van der Waals surface area contributed by atoms with E-state index in [2.05, 4.69) is 33.6 Å². The van der Waals surface area contributed by atoms with Crippen molar-refractivity contribution in [1.29, 1.82) is 0 Å². The molecule has 0 bridgehead atoms. The summed E-state index contributed by atoms with van der Waals surface area (Å²) in [5.41, 5.74) is 14.4. The van der Waals surface area contributed by atoms with Gasteiger partial charge < -0.3 is 47.6 Å².